The largest absolute Gasteiger partial charge is 0.493 e. The Kier molecular flexibility index (Phi) is 3.04. The number of nitrogens with two attached hydrogens (primary N) is 1. The van der Waals surface area contributed by atoms with E-state index in [0.29, 0.717) is 18.1 Å². The van der Waals surface area contributed by atoms with Gasteiger partial charge in [0.25, 0.3) is 0 Å². The Balaban J connectivity index is 1.72. The number of hydrogen-bond acceptors (Lipinski definition) is 3. The molecule has 3 atom stereocenters. The van der Waals surface area contributed by atoms with Crippen molar-refractivity contribution in [2.45, 2.75) is 43.8 Å². The zero-order valence-electron chi connectivity index (χ0n) is 10.1. The van der Waals surface area contributed by atoms with Crippen LogP contribution in [0, 0.1) is 0 Å². The van der Waals surface area contributed by atoms with Crippen LogP contribution in [-0.2, 0) is 0 Å². The molecular weight excluding hydrogens is 212 g/mol. The molecule has 1 aliphatic heterocycles. The molecule has 1 heterocycles. The molecule has 1 aliphatic carbocycles. The van der Waals surface area contributed by atoms with Gasteiger partial charge in [0.05, 0.1) is 6.61 Å². The topological polar surface area (TPSA) is 47.3 Å². The molecule has 3 nitrogen and oxygen atoms in total. The fourth-order valence-electron chi connectivity index (χ4n) is 2.97. The molecule has 3 heteroatoms. The van der Waals surface area contributed by atoms with Crippen molar-refractivity contribution in [1.82, 2.24) is 5.32 Å². The number of para-hydroxylation sites is 1. The summed E-state index contributed by atoms with van der Waals surface area (Å²) in [6.07, 6.45) is 4.53. The van der Waals surface area contributed by atoms with Gasteiger partial charge >= 0.3 is 0 Å². The molecule has 1 saturated carbocycles. The van der Waals surface area contributed by atoms with Gasteiger partial charge in [-0.15, -0.1) is 0 Å². The number of hydrogen-bond donors (Lipinski definition) is 2. The fraction of sp³-hybridized carbons (Fsp3) is 0.571. The average Bonchev–Trinajstić information content (AvgIpc) is 2.75. The van der Waals surface area contributed by atoms with Gasteiger partial charge in [-0.2, -0.15) is 0 Å². The van der Waals surface area contributed by atoms with Crippen LogP contribution in [-0.4, -0.2) is 18.7 Å². The second kappa shape index (κ2) is 4.67. The lowest BCUT2D eigenvalue weighted by molar-refractivity contribution is 0.244. The van der Waals surface area contributed by atoms with Crippen LogP contribution in [0.1, 0.15) is 37.3 Å². The van der Waals surface area contributed by atoms with Crippen molar-refractivity contribution in [2.24, 2.45) is 5.73 Å². The average molecular weight is 232 g/mol. The van der Waals surface area contributed by atoms with E-state index in [9.17, 15) is 0 Å². The summed E-state index contributed by atoms with van der Waals surface area (Å²) in [4.78, 5) is 0. The van der Waals surface area contributed by atoms with E-state index >= 15 is 0 Å². The number of nitrogens with one attached hydrogen (secondary N) is 1. The number of rotatable bonds is 2. The predicted molar refractivity (Wildman–Crippen MR) is 68.0 cm³/mol. The van der Waals surface area contributed by atoms with Gasteiger partial charge in [-0.1, -0.05) is 18.2 Å². The summed E-state index contributed by atoms with van der Waals surface area (Å²) < 4.78 is 5.67. The van der Waals surface area contributed by atoms with Gasteiger partial charge < -0.3 is 15.8 Å². The summed E-state index contributed by atoms with van der Waals surface area (Å²) in [5.41, 5.74) is 7.27. The molecule has 0 amide bonds. The molecular formula is C14H20N2O. The molecule has 3 rings (SSSR count). The second-order valence-electron chi connectivity index (χ2n) is 5.16. The van der Waals surface area contributed by atoms with Crippen LogP contribution in [0.4, 0.5) is 0 Å². The van der Waals surface area contributed by atoms with Crippen LogP contribution < -0.4 is 15.8 Å². The molecule has 2 aliphatic rings. The Hall–Kier alpha value is -1.06. The summed E-state index contributed by atoms with van der Waals surface area (Å²) in [5, 5.41) is 3.74. The molecule has 1 fully saturated rings. The number of fused-ring (bicyclic) bond motifs is 1. The van der Waals surface area contributed by atoms with Crippen LogP contribution >= 0.6 is 0 Å². The van der Waals surface area contributed by atoms with Crippen molar-refractivity contribution in [3.8, 4) is 5.75 Å². The van der Waals surface area contributed by atoms with E-state index in [0.717, 1.165) is 31.6 Å². The summed E-state index contributed by atoms with van der Waals surface area (Å²) in [5.74, 6) is 1.04. The standard InChI is InChI=1S/C14H20N2O/c15-10-5-6-11(9-10)16-13-7-8-17-14-4-2-1-3-12(13)14/h1-4,10-11,13,16H,5-9,15H2. The highest BCUT2D eigenvalue weighted by molar-refractivity contribution is 5.37. The van der Waals surface area contributed by atoms with Crippen molar-refractivity contribution in [2.75, 3.05) is 6.61 Å². The van der Waals surface area contributed by atoms with Crippen molar-refractivity contribution < 1.29 is 4.74 Å². The molecule has 0 spiro atoms. The van der Waals surface area contributed by atoms with Gasteiger partial charge in [0.15, 0.2) is 0 Å². The third-order valence-corrected chi connectivity index (χ3v) is 3.87. The smallest absolute Gasteiger partial charge is 0.124 e. The molecule has 1 aromatic carbocycles. The molecule has 1 aromatic rings. The van der Waals surface area contributed by atoms with Crippen LogP contribution in [0.5, 0.6) is 5.75 Å². The first-order valence-corrected chi connectivity index (χ1v) is 6.56. The van der Waals surface area contributed by atoms with Crippen molar-refractivity contribution in [3.63, 3.8) is 0 Å². The van der Waals surface area contributed by atoms with E-state index in [1.807, 2.05) is 6.07 Å². The van der Waals surface area contributed by atoms with Crippen LogP contribution in [0.3, 0.4) is 0 Å². The summed E-state index contributed by atoms with van der Waals surface area (Å²) in [6.45, 7) is 0.813. The van der Waals surface area contributed by atoms with E-state index in [-0.39, 0.29) is 0 Å². The third kappa shape index (κ3) is 2.31. The van der Waals surface area contributed by atoms with Crippen LogP contribution in [0.2, 0.25) is 0 Å². The highest BCUT2D eigenvalue weighted by atomic mass is 16.5. The van der Waals surface area contributed by atoms with Gasteiger partial charge in [0.2, 0.25) is 0 Å². The SMILES string of the molecule is NC1CCC(NC2CCOc3ccccc32)C1. The van der Waals surface area contributed by atoms with E-state index in [4.69, 9.17) is 10.5 Å². The molecule has 92 valence electrons. The lowest BCUT2D eigenvalue weighted by atomic mass is 9.99. The van der Waals surface area contributed by atoms with Crippen LogP contribution in [0.25, 0.3) is 0 Å². The highest BCUT2D eigenvalue weighted by Gasteiger charge is 2.27. The highest BCUT2D eigenvalue weighted by Crippen LogP contribution is 2.33. The Morgan fingerprint density at radius 1 is 1.18 bits per heavy atom. The molecule has 0 bridgehead atoms. The number of benzene rings is 1. The third-order valence-electron chi connectivity index (χ3n) is 3.87. The van der Waals surface area contributed by atoms with Gasteiger partial charge in [0.1, 0.15) is 5.75 Å². The molecule has 3 unspecified atom stereocenters. The quantitative estimate of drug-likeness (QED) is 0.819. The summed E-state index contributed by atoms with van der Waals surface area (Å²) in [7, 11) is 0. The fourth-order valence-corrected chi connectivity index (χ4v) is 2.97. The zero-order chi connectivity index (χ0) is 11.7. The van der Waals surface area contributed by atoms with Crippen molar-refractivity contribution in [1.29, 1.82) is 0 Å². The van der Waals surface area contributed by atoms with Gasteiger partial charge in [-0.3, -0.25) is 0 Å². The van der Waals surface area contributed by atoms with Gasteiger partial charge in [-0.05, 0) is 25.3 Å². The van der Waals surface area contributed by atoms with E-state index in [1.165, 1.54) is 12.0 Å². The zero-order valence-corrected chi connectivity index (χ0v) is 10.1. The number of ether oxygens (including phenoxy) is 1. The Labute approximate surface area is 102 Å². The maximum absolute atomic E-state index is 5.96. The first-order valence-electron chi connectivity index (χ1n) is 6.56. The lowest BCUT2D eigenvalue weighted by Crippen LogP contribution is -2.34. The van der Waals surface area contributed by atoms with Crippen molar-refractivity contribution >= 4 is 0 Å². The Morgan fingerprint density at radius 2 is 2.06 bits per heavy atom. The van der Waals surface area contributed by atoms with E-state index in [1.54, 1.807) is 0 Å². The minimum absolute atomic E-state index is 0.391. The molecule has 17 heavy (non-hydrogen) atoms. The first kappa shape index (κ1) is 11.1. The second-order valence-corrected chi connectivity index (χ2v) is 5.16. The minimum Gasteiger partial charge on any atom is -0.493 e. The lowest BCUT2D eigenvalue weighted by Gasteiger charge is -2.29. The summed E-state index contributed by atoms with van der Waals surface area (Å²) >= 11 is 0. The normalized spacial score (nSPS) is 31.9. The van der Waals surface area contributed by atoms with E-state index in [2.05, 4.69) is 23.5 Å². The monoisotopic (exact) mass is 232 g/mol. The molecule has 0 aromatic heterocycles. The predicted octanol–water partition coefficient (Wildman–Crippen LogP) is 1.98. The van der Waals surface area contributed by atoms with Gasteiger partial charge in [-0.25, -0.2) is 0 Å². The maximum Gasteiger partial charge on any atom is 0.124 e. The van der Waals surface area contributed by atoms with Crippen molar-refractivity contribution in [3.05, 3.63) is 29.8 Å². The summed E-state index contributed by atoms with van der Waals surface area (Å²) in [6, 6.07) is 9.76. The first-order chi connectivity index (χ1) is 8.33. The van der Waals surface area contributed by atoms with Crippen LogP contribution in [0.15, 0.2) is 24.3 Å². The molecule has 0 saturated heterocycles. The Morgan fingerprint density at radius 3 is 2.88 bits per heavy atom. The van der Waals surface area contributed by atoms with Gasteiger partial charge in [0, 0.05) is 30.1 Å². The maximum atomic E-state index is 5.96. The Bertz CT molecular complexity index is 394. The molecule has 0 radical (unpaired) electrons. The minimum atomic E-state index is 0.391. The molecule has 3 N–H and O–H groups in total. The van der Waals surface area contributed by atoms with E-state index < -0.39 is 0 Å².